The van der Waals surface area contributed by atoms with Crippen molar-refractivity contribution >= 4 is 34.6 Å². The van der Waals surface area contributed by atoms with E-state index in [-0.39, 0.29) is 0 Å². The van der Waals surface area contributed by atoms with E-state index in [4.69, 9.17) is 28.6 Å². The van der Waals surface area contributed by atoms with Crippen molar-refractivity contribution in [2.24, 2.45) is 0 Å². The zero-order valence-electron chi connectivity index (χ0n) is 13.9. The van der Waals surface area contributed by atoms with Crippen molar-refractivity contribution < 1.29 is 4.74 Å². The van der Waals surface area contributed by atoms with Crippen molar-refractivity contribution in [3.05, 3.63) is 58.6 Å². The highest BCUT2D eigenvalue weighted by atomic mass is 35.5. The van der Waals surface area contributed by atoms with Crippen LogP contribution in [-0.2, 0) is 0 Å². The minimum Gasteiger partial charge on any atom is -0.495 e. The van der Waals surface area contributed by atoms with Gasteiger partial charge in [-0.3, -0.25) is 0 Å². The largest absolute Gasteiger partial charge is 0.495 e. The van der Waals surface area contributed by atoms with Gasteiger partial charge < -0.3 is 15.0 Å². The molecule has 1 fully saturated rings. The summed E-state index contributed by atoms with van der Waals surface area (Å²) in [6.07, 6.45) is 1.12. The van der Waals surface area contributed by atoms with Crippen molar-refractivity contribution in [2.45, 2.75) is 19.3 Å². The molecule has 1 saturated heterocycles. The number of thiocarbonyl (C=S) groups is 1. The van der Waals surface area contributed by atoms with Crippen molar-refractivity contribution in [1.82, 2.24) is 4.90 Å². The standard InChI is InChI=1S/C19H21ClN2OS/c1-13-3-5-14(6-4-13)15-9-10-22(12-15)19(24)21-16-7-8-18(23-2)17(20)11-16/h3-8,11,15H,9-10,12H2,1-2H3,(H,21,24)/t15-/m0/s1. The van der Waals surface area contributed by atoms with E-state index >= 15 is 0 Å². The maximum absolute atomic E-state index is 6.17. The molecule has 0 amide bonds. The number of nitrogens with zero attached hydrogens (tertiary/aromatic N) is 1. The fourth-order valence-electron chi connectivity index (χ4n) is 3.00. The fourth-order valence-corrected chi connectivity index (χ4v) is 3.54. The summed E-state index contributed by atoms with van der Waals surface area (Å²) in [5.41, 5.74) is 3.56. The molecule has 1 heterocycles. The van der Waals surface area contributed by atoms with Crippen LogP contribution in [0.25, 0.3) is 0 Å². The van der Waals surface area contributed by atoms with Crippen LogP contribution in [0, 0.1) is 6.92 Å². The monoisotopic (exact) mass is 360 g/mol. The Labute approximate surface area is 153 Å². The molecule has 0 bridgehead atoms. The van der Waals surface area contributed by atoms with Crippen LogP contribution in [0.4, 0.5) is 5.69 Å². The Kier molecular flexibility index (Phi) is 5.27. The molecule has 0 saturated carbocycles. The second-order valence-corrected chi connectivity index (χ2v) is 6.92. The van der Waals surface area contributed by atoms with Gasteiger partial charge in [0.1, 0.15) is 5.75 Å². The maximum Gasteiger partial charge on any atom is 0.173 e. The van der Waals surface area contributed by atoms with Crippen molar-refractivity contribution in [1.29, 1.82) is 0 Å². The molecule has 0 aromatic heterocycles. The number of rotatable bonds is 3. The lowest BCUT2D eigenvalue weighted by atomic mass is 9.98. The Morgan fingerprint density at radius 3 is 2.67 bits per heavy atom. The summed E-state index contributed by atoms with van der Waals surface area (Å²) in [5, 5.41) is 4.59. The zero-order chi connectivity index (χ0) is 17.1. The fraction of sp³-hybridized carbons (Fsp3) is 0.316. The van der Waals surface area contributed by atoms with Crippen LogP contribution in [0.3, 0.4) is 0 Å². The van der Waals surface area contributed by atoms with E-state index in [9.17, 15) is 0 Å². The predicted octanol–water partition coefficient (Wildman–Crippen LogP) is 4.84. The first-order valence-electron chi connectivity index (χ1n) is 8.03. The third-order valence-corrected chi connectivity index (χ3v) is 5.08. The highest BCUT2D eigenvalue weighted by Crippen LogP contribution is 2.30. The van der Waals surface area contributed by atoms with Gasteiger partial charge in [0, 0.05) is 24.7 Å². The smallest absolute Gasteiger partial charge is 0.173 e. The Bertz CT molecular complexity index is 733. The van der Waals surface area contributed by atoms with E-state index < -0.39 is 0 Å². The average molecular weight is 361 g/mol. The van der Waals surface area contributed by atoms with E-state index in [1.54, 1.807) is 7.11 Å². The maximum atomic E-state index is 6.17. The molecule has 2 aromatic rings. The average Bonchev–Trinajstić information content (AvgIpc) is 3.06. The molecule has 0 radical (unpaired) electrons. The van der Waals surface area contributed by atoms with Crippen LogP contribution in [0.2, 0.25) is 5.02 Å². The molecule has 1 atom stereocenters. The summed E-state index contributed by atoms with van der Waals surface area (Å²) < 4.78 is 5.17. The van der Waals surface area contributed by atoms with Gasteiger partial charge in [0.15, 0.2) is 5.11 Å². The second kappa shape index (κ2) is 7.41. The lowest BCUT2D eigenvalue weighted by molar-refractivity contribution is 0.415. The van der Waals surface area contributed by atoms with Crippen LogP contribution in [-0.4, -0.2) is 30.2 Å². The third kappa shape index (κ3) is 3.82. The van der Waals surface area contributed by atoms with Gasteiger partial charge in [-0.05, 0) is 49.3 Å². The Morgan fingerprint density at radius 1 is 1.25 bits per heavy atom. The van der Waals surface area contributed by atoms with Crippen LogP contribution in [0.5, 0.6) is 5.75 Å². The number of ether oxygens (including phenoxy) is 1. The summed E-state index contributed by atoms with van der Waals surface area (Å²) in [6.45, 7) is 4.02. The summed E-state index contributed by atoms with van der Waals surface area (Å²) >= 11 is 11.7. The van der Waals surface area contributed by atoms with Gasteiger partial charge in [-0.15, -0.1) is 0 Å². The number of nitrogens with one attached hydrogen (secondary N) is 1. The van der Waals surface area contributed by atoms with E-state index in [0.29, 0.717) is 16.7 Å². The molecule has 2 aromatic carbocycles. The van der Waals surface area contributed by atoms with E-state index in [1.165, 1.54) is 11.1 Å². The van der Waals surface area contributed by atoms with Gasteiger partial charge in [-0.1, -0.05) is 41.4 Å². The Hall–Kier alpha value is -1.78. The molecule has 5 heteroatoms. The first kappa shape index (κ1) is 17.1. The number of hydrogen-bond acceptors (Lipinski definition) is 2. The number of benzene rings is 2. The minimum atomic E-state index is 0.532. The number of halogens is 1. The zero-order valence-corrected chi connectivity index (χ0v) is 15.5. The normalized spacial score (nSPS) is 17.0. The lowest BCUT2D eigenvalue weighted by Crippen LogP contribution is -2.32. The van der Waals surface area contributed by atoms with E-state index in [0.717, 1.165) is 30.3 Å². The molecule has 1 N–H and O–H groups in total. The van der Waals surface area contributed by atoms with Gasteiger partial charge >= 0.3 is 0 Å². The number of likely N-dealkylation sites (tertiary alicyclic amines) is 1. The van der Waals surface area contributed by atoms with Crippen molar-refractivity contribution in [2.75, 3.05) is 25.5 Å². The SMILES string of the molecule is COc1ccc(NC(=S)N2CC[C@H](c3ccc(C)cc3)C2)cc1Cl. The number of methoxy groups -OCH3 is 1. The van der Waals surface area contributed by atoms with Crippen LogP contribution in [0.15, 0.2) is 42.5 Å². The van der Waals surface area contributed by atoms with Gasteiger partial charge in [0.05, 0.1) is 12.1 Å². The molecule has 0 unspecified atom stereocenters. The molecule has 0 spiro atoms. The molecule has 1 aliphatic heterocycles. The van der Waals surface area contributed by atoms with Crippen LogP contribution < -0.4 is 10.1 Å². The van der Waals surface area contributed by atoms with Gasteiger partial charge in [-0.2, -0.15) is 0 Å². The van der Waals surface area contributed by atoms with Gasteiger partial charge in [-0.25, -0.2) is 0 Å². The van der Waals surface area contributed by atoms with Crippen LogP contribution in [0.1, 0.15) is 23.5 Å². The summed E-state index contributed by atoms with van der Waals surface area (Å²) in [7, 11) is 1.61. The molecule has 3 nitrogen and oxygen atoms in total. The minimum absolute atomic E-state index is 0.532. The molecular weight excluding hydrogens is 340 g/mol. The number of hydrogen-bond donors (Lipinski definition) is 1. The van der Waals surface area contributed by atoms with Crippen molar-refractivity contribution in [3.63, 3.8) is 0 Å². The molecule has 126 valence electrons. The first-order chi connectivity index (χ1) is 11.6. The van der Waals surface area contributed by atoms with E-state index in [1.807, 2.05) is 18.2 Å². The second-order valence-electron chi connectivity index (χ2n) is 6.12. The highest BCUT2D eigenvalue weighted by Gasteiger charge is 2.25. The van der Waals surface area contributed by atoms with E-state index in [2.05, 4.69) is 41.4 Å². The lowest BCUT2D eigenvalue weighted by Gasteiger charge is -2.21. The number of aryl methyl sites for hydroxylation is 1. The number of anilines is 1. The highest BCUT2D eigenvalue weighted by molar-refractivity contribution is 7.80. The van der Waals surface area contributed by atoms with Gasteiger partial charge in [0.2, 0.25) is 0 Å². The molecular formula is C19H21ClN2OS. The summed E-state index contributed by atoms with van der Waals surface area (Å²) in [5.74, 6) is 1.19. The quantitative estimate of drug-likeness (QED) is 0.791. The van der Waals surface area contributed by atoms with Gasteiger partial charge in [0.25, 0.3) is 0 Å². The molecule has 1 aliphatic rings. The molecule has 0 aliphatic carbocycles. The third-order valence-electron chi connectivity index (χ3n) is 4.43. The molecule has 3 rings (SSSR count). The first-order valence-corrected chi connectivity index (χ1v) is 8.81. The Morgan fingerprint density at radius 2 is 2.00 bits per heavy atom. The van der Waals surface area contributed by atoms with Crippen molar-refractivity contribution in [3.8, 4) is 5.75 Å². The Balaban J connectivity index is 1.62. The predicted molar refractivity (Wildman–Crippen MR) is 104 cm³/mol. The summed E-state index contributed by atoms with van der Waals surface area (Å²) in [4.78, 5) is 2.22. The molecule has 24 heavy (non-hydrogen) atoms. The van der Waals surface area contributed by atoms with Crippen LogP contribution >= 0.6 is 23.8 Å². The topological polar surface area (TPSA) is 24.5 Å². The summed E-state index contributed by atoms with van der Waals surface area (Å²) in [6, 6.07) is 14.4.